The summed E-state index contributed by atoms with van der Waals surface area (Å²) in [5.41, 5.74) is 1.37. The fourth-order valence-electron chi connectivity index (χ4n) is 3.20. The topological polar surface area (TPSA) is 23.6 Å². The van der Waals surface area contributed by atoms with Gasteiger partial charge in [-0.25, -0.2) is 0 Å². The van der Waals surface area contributed by atoms with Gasteiger partial charge in [-0.1, -0.05) is 6.08 Å². The Kier molecular flexibility index (Phi) is 3.22. The maximum absolute atomic E-state index is 12.0. The Hall–Kier alpha value is -1.13. The van der Waals surface area contributed by atoms with Crippen LogP contribution in [-0.2, 0) is 11.3 Å². The van der Waals surface area contributed by atoms with Crippen LogP contribution in [-0.4, -0.2) is 40.9 Å². The molecular weight excluding hydrogens is 244 g/mol. The highest BCUT2D eigenvalue weighted by Gasteiger charge is 2.45. The third kappa shape index (κ3) is 1.99. The minimum Gasteiger partial charge on any atom is -0.334 e. The van der Waals surface area contributed by atoms with Crippen LogP contribution in [0, 0.1) is 0 Å². The maximum atomic E-state index is 12.0. The van der Waals surface area contributed by atoms with Crippen molar-refractivity contribution in [2.45, 2.75) is 31.5 Å². The van der Waals surface area contributed by atoms with Gasteiger partial charge in [0.1, 0.15) is 0 Å². The SMILES string of the molecule is C=CCN1C(=O)C[C@H]2[C@H]1CCN2Cc1ccsc1. The van der Waals surface area contributed by atoms with E-state index in [9.17, 15) is 4.79 Å². The molecule has 18 heavy (non-hydrogen) atoms. The van der Waals surface area contributed by atoms with Gasteiger partial charge in [-0.15, -0.1) is 6.58 Å². The van der Waals surface area contributed by atoms with Crippen molar-refractivity contribution in [1.82, 2.24) is 9.80 Å². The Morgan fingerprint density at radius 1 is 1.50 bits per heavy atom. The second kappa shape index (κ2) is 4.86. The minimum absolute atomic E-state index is 0.292. The molecule has 1 aromatic heterocycles. The van der Waals surface area contributed by atoms with Crippen molar-refractivity contribution in [3.8, 4) is 0 Å². The molecule has 2 aliphatic heterocycles. The zero-order valence-corrected chi connectivity index (χ0v) is 11.2. The molecule has 1 amide bonds. The molecule has 0 spiro atoms. The van der Waals surface area contributed by atoms with E-state index < -0.39 is 0 Å². The van der Waals surface area contributed by atoms with E-state index >= 15 is 0 Å². The van der Waals surface area contributed by atoms with E-state index in [-0.39, 0.29) is 0 Å². The number of carbonyl (C=O) groups is 1. The zero-order chi connectivity index (χ0) is 12.5. The number of hydrogen-bond acceptors (Lipinski definition) is 3. The van der Waals surface area contributed by atoms with Gasteiger partial charge in [0.2, 0.25) is 5.91 Å². The van der Waals surface area contributed by atoms with Gasteiger partial charge in [0.25, 0.3) is 0 Å². The molecule has 3 rings (SSSR count). The Balaban J connectivity index is 1.70. The summed E-state index contributed by atoms with van der Waals surface area (Å²) in [7, 11) is 0. The van der Waals surface area contributed by atoms with E-state index in [0.717, 1.165) is 19.5 Å². The summed E-state index contributed by atoms with van der Waals surface area (Å²) in [6.07, 6.45) is 3.62. The average molecular weight is 262 g/mol. The lowest BCUT2D eigenvalue weighted by atomic mass is 10.1. The van der Waals surface area contributed by atoms with Crippen molar-refractivity contribution in [3.63, 3.8) is 0 Å². The van der Waals surface area contributed by atoms with E-state index in [0.29, 0.717) is 31.0 Å². The molecule has 0 aromatic carbocycles. The first kappa shape index (κ1) is 11.9. The Bertz CT molecular complexity index is 443. The molecule has 4 heteroatoms. The molecule has 2 aliphatic rings. The molecule has 96 valence electrons. The Morgan fingerprint density at radius 2 is 2.39 bits per heavy atom. The summed E-state index contributed by atoms with van der Waals surface area (Å²) in [5.74, 6) is 0.292. The summed E-state index contributed by atoms with van der Waals surface area (Å²) < 4.78 is 0. The van der Waals surface area contributed by atoms with Gasteiger partial charge in [0.15, 0.2) is 0 Å². The number of carbonyl (C=O) groups excluding carboxylic acids is 1. The highest BCUT2D eigenvalue weighted by atomic mass is 32.1. The Labute approximate surface area is 112 Å². The molecule has 0 bridgehead atoms. The third-order valence-electron chi connectivity index (χ3n) is 4.02. The van der Waals surface area contributed by atoms with Crippen molar-refractivity contribution in [2.75, 3.05) is 13.1 Å². The van der Waals surface area contributed by atoms with E-state index in [1.54, 1.807) is 11.3 Å². The van der Waals surface area contributed by atoms with Crippen LogP contribution in [0.25, 0.3) is 0 Å². The van der Waals surface area contributed by atoms with E-state index in [2.05, 4.69) is 28.3 Å². The number of likely N-dealkylation sites (tertiary alicyclic amines) is 2. The van der Waals surface area contributed by atoms with Crippen molar-refractivity contribution in [2.24, 2.45) is 0 Å². The first-order chi connectivity index (χ1) is 8.79. The van der Waals surface area contributed by atoms with E-state index in [4.69, 9.17) is 0 Å². The van der Waals surface area contributed by atoms with Crippen LogP contribution in [0.15, 0.2) is 29.5 Å². The van der Waals surface area contributed by atoms with Crippen LogP contribution in [0.5, 0.6) is 0 Å². The minimum atomic E-state index is 0.292. The predicted octanol–water partition coefficient (Wildman–Crippen LogP) is 2.11. The van der Waals surface area contributed by atoms with Crippen LogP contribution < -0.4 is 0 Å². The molecule has 1 aromatic rings. The first-order valence-corrected chi connectivity index (χ1v) is 7.39. The number of fused-ring (bicyclic) bond motifs is 1. The third-order valence-corrected chi connectivity index (χ3v) is 4.75. The number of rotatable bonds is 4. The number of nitrogens with zero attached hydrogens (tertiary/aromatic N) is 2. The molecule has 2 atom stereocenters. The number of amides is 1. The zero-order valence-electron chi connectivity index (χ0n) is 10.4. The quantitative estimate of drug-likeness (QED) is 0.776. The second-order valence-electron chi connectivity index (χ2n) is 5.06. The molecule has 0 aliphatic carbocycles. The molecule has 3 nitrogen and oxygen atoms in total. The molecule has 3 heterocycles. The number of thiophene rings is 1. The average Bonchev–Trinajstić information content (AvgIpc) is 3.03. The van der Waals surface area contributed by atoms with Crippen LogP contribution in [0.2, 0.25) is 0 Å². The van der Waals surface area contributed by atoms with Crippen molar-refractivity contribution in [1.29, 1.82) is 0 Å². The molecular formula is C14H18N2OS. The monoisotopic (exact) mass is 262 g/mol. The van der Waals surface area contributed by atoms with Gasteiger partial charge in [-0.05, 0) is 28.8 Å². The van der Waals surface area contributed by atoms with Crippen molar-refractivity contribution in [3.05, 3.63) is 35.0 Å². The maximum Gasteiger partial charge on any atom is 0.224 e. The van der Waals surface area contributed by atoms with Crippen LogP contribution in [0.4, 0.5) is 0 Å². The van der Waals surface area contributed by atoms with E-state index in [1.807, 2.05) is 11.0 Å². The second-order valence-corrected chi connectivity index (χ2v) is 5.84. The van der Waals surface area contributed by atoms with Gasteiger partial charge < -0.3 is 4.90 Å². The lowest BCUT2D eigenvalue weighted by molar-refractivity contribution is -0.128. The number of hydrogen-bond donors (Lipinski definition) is 0. The van der Waals surface area contributed by atoms with Gasteiger partial charge in [0, 0.05) is 38.1 Å². The van der Waals surface area contributed by atoms with Crippen LogP contribution >= 0.6 is 11.3 Å². The summed E-state index contributed by atoms with van der Waals surface area (Å²) in [6, 6.07) is 3.00. The molecule has 0 unspecified atom stereocenters. The van der Waals surface area contributed by atoms with Gasteiger partial charge in [-0.2, -0.15) is 11.3 Å². The Morgan fingerprint density at radius 3 is 3.11 bits per heavy atom. The molecule has 2 fully saturated rings. The van der Waals surface area contributed by atoms with Crippen LogP contribution in [0.1, 0.15) is 18.4 Å². The molecule has 2 saturated heterocycles. The smallest absolute Gasteiger partial charge is 0.224 e. The molecule has 0 N–H and O–H groups in total. The predicted molar refractivity (Wildman–Crippen MR) is 73.4 cm³/mol. The van der Waals surface area contributed by atoms with Crippen LogP contribution in [0.3, 0.4) is 0 Å². The summed E-state index contributed by atoms with van der Waals surface area (Å²) in [4.78, 5) is 16.5. The van der Waals surface area contributed by atoms with Crippen molar-refractivity contribution < 1.29 is 4.79 Å². The lowest BCUT2D eigenvalue weighted by Gasteiger charge is -2.24. The summed E-state index contributed by atoms with van der Waals surface area (Å²) in [5, 5.41) is 4.32. The van der Waals surface area contributed by atoms with E-state index in [1.165, 1.54) is 5.56 Å². The van der Waals surface area contributed by atoms with Gasteiger partial charge in [0.05, 0.1) is 0 Å². The lowest BCUT2D eigenvalue weighted by Crippen LogP contribution is -2.37. The highest BCUT2D eigenvalue weighted by Crippen LogP contribution is 2.33. The summed E-state index contributed by atoms with van der Waals surface area (Å²) in [6.45, 7) is 6.54. The first-order valence-electron chi connectivity index (χ1n) is 6.45. The largest absolute Gasteiger partial charge is 0.334 e. The fourth-order valence-corrected chi connectivity index (χ4v) is 3.86. The standard InChI is InChI=1S/C14H18N2OS/c1-2-5-16-12-3-6-15(13(12)8-14(16)17)9-11-4-7-18-10-11/h2,4,7,10,12-13H,1,3,5-6,8-9H2/t12-,13+/m1/s1. The molecule has 0 saturated carbocycles. The van der Waals surface area contributed by atoms with Gasteiger partial charge in [-0.3, -0.25) is 9.69 Å². The summed E-state index contributed by atoms with van der Waals surface area (Å²) >= 11 is 1.74. The van der Waals surface area contributed by atoms with Crippen molar-refractivity contribution >= 4 is 17.2 Å². The normalized spacial score (nSPS) is 27.8. The molecule has 0 radical (unpaired) electrons. The van der Waals surface area contributed by atoms with Gasteiger partial charge >= 0.3 is 0 Å². The fraction of sp³-hybridized carbons (Fsp3) is 0.500. The highest BCUT2D eigenvalue weighted by molar-refractivity contribution is 7.07.